The van der Waals surface area contributed by atoms with Crippen molar-refractivity contribution in [3.63, 3.8) is 0 Å². The number of nitrogens with one attached hydrogen (secondary N) is 1. The summed E-state index contributed by atoms with van der Waals surface area (Å²) in [4.78, 5) is 29.8. The summed E-state index contributed by atoms with van der Waals surface area (Å²) in [6.07, 6.45) is 0.165. The van der Waals surface area contributed by atoms with Gasteiger partial charge < -0.3 is 15.0 Å². The van der Waals surface area contributed by atoms with Crippen LogP contribution < -0.4 is 14.4 Å². The predicted octanol–water partition coefficient (Wildman–Crippen LogP) is 6.74. The van der Waals surface area contributed by atoms with Gasteiger partial charge in [-0.15, -0.1) is 0 Å². The summed E-state index contributed by atoms with van der Waals surface area (Å²) in [5.41, 5.74) is 1.01. The van der Waals surface area contributed by atoms with E-state index in [-0.39, 0.29) is 23.5 Å². The molecule has 11 heteroatoms. The van der Waals surface area contributed by atoms with Crippen molar-refractivity contribution < 1.29 is 27.1 Å². The average Bonchev–Trinajstić information content (AvgIpc) is 3.03. The number of rotatable bonds is 13. The SMILES string of the molecule is CCOc1ccc(N(CC(=O)N(Cc2ccc(F)cc2)[C@@H](Cc2ccccc2)C(=O)NC(C)(C)C)S(=O)(=O)c2ccc(Br)cc2)cc1. The normalized spacial score (nSPS) is 12.2. The Bertz CT molecular complexity index is 1750. The molecular formula is C36H39BrFN3O5S. The van der Waals surface area contributed by atoms with Gasteiger partial charge in [-0.2, -0.15) is 0 Å². The number of carbonyl (C=O) groups excluding carboxylic acids is 2. The van der Waals surface area contributed by atoms with Crippen molar-refractivity contribution >= 4 is 43.5 Å². The van der Waals surface area contributed by atoms with Crippen molar-refractivity contribution in [2.24, 2.45) is 0 Å². The minimum Gasteiger partial charge on any atom is -0.494 e. The second-order valence-electron chi connectivity index (χ2n) is 12.0. The summed E-state index contributed by atoms with van der Waals surface area (Å²) >= 11 is 3.34. The van der Waals surface area contributed by atoms with Crippen LogP contribution in [0.5, 0.6) is 5.75 Å². The van der Waals surface area contributed by atoms with Crippen LogP contribution in [-0.2, 0) is 32.6 Å². The molecule has 248 valence electrons. The maximum Gasteiger partial charge on any atom is 0.264 e. The van der Waals surface area contributed by atoms with Crippen LogP contribution in [0.15, 0.2) is 112 Å². The third-order valence-corrected chi connectivity index (χ3v) is 9.47. The molecule has 0 spiro atoms. The molecule has 4 rings (SSSR count). The van der Waals surface area contributed by atoms with E-state index in [1.54, 1.807) is 48.5 Å². The predicted molar refractivity (Wildman–Crippen MR) is 185 cm³/mol. The van der Waals surface area contributed by atoms with Crippen molar-refractivity contribution in [2.45, 2.75) is 57.1 Å². The number of sulfonamides is 1. The van der Waals surface area contributed by atoms with Crippen LogP contribution in [0.4, 0.5) is 10.1 Å². The maximum atomic E-state index is 14.5. The monoisotopic (exact) mass is 723 g/mol. The quantitative estimate of drug-likeness (QED) is 0.165. The van der Waals surface area contributed by atoms with Crippen LogP contribution in [0.25, 0.3) is 0 Å². The Morgan fingerprint density at radius 1 is 0.872 bits per heavy atom. The fraction of sp³-hybridized carbons (Fsp3) is 0.278. The number of nitrogens with zero attached hydrogens (tertiary/aromatic N) is 2. The Hall–Kier alpha value is -4.22. The van der Waals surface area contributed by atoms with Crippen LogP contribution in [-0.4, -0.2) is 49.9 Å². The summed E-state index contributed by atoms with van der Waals surface area (Å²) in [7, 11) is -4.26. The zero-order valence-electron chi connectivity index (χ0n) is 26.8. The topological polar surface area (TPSA) is 96.0 Å². The maximum absolute atomic E-state index is 14.5. The summed E-state index contributed by atoms with van der Waals surface area (Å²) in [5.74, 6) is -0.919. The molecule has 0 fully saturated rings. The van der Waals surface area contributed by atoms with E-state index in [1.165, 1.54) is 29.2 Å². The Labute approximate surface area is 284 Å². The number of carbonyl (C=O) groups is 2. The lowest BCUT2D eigenvalue weighted by Gasteiger charge is -2.35. The van der Waals surface area contributed by atoms with Crippen molar-refractivity contribution in [3.05, 3.63) is 125 Å². The lowest BCUT2D eigenvalue weighted by molar-refractivity contribution is -0.140. The van der Waals surface area contributed by atoms with E-state index in [2.05, 4.69) is 21.2 Å². The first-order chi connectivity index (χ1) is 22.3. The molecular weight excluding hydrogens is 685 g/mol. The number of amides is 2. The van der Waals surface area contributed by atoms with E-state index in [0.717, 1.165) is 9.87 Å². The van der Waals surface area contributed by atoms with Gasteiger partial charge in [0, 0.05) is 23.0 Å². The number of anilines is 1. The average molecular weight is 725 g/mol. The first-order valence-electron chi connectivity index (χ1n) is 15.2. The molecule has 0 heterocycles. The van der Waals surface area contributed by atoms with Gasteiger partial charge in [-0.05, 0) is 99.5 Å². The van der Waals surface area contributed by atoms with E-state index in [4.69, 9.17) is 4.74 Å². The van der Waals surface area contributed by atoms with Gasteiger partial charge in [-0.1, -0.05) is 58.4 Å². The summed E-state index contributed by atoms with van der Waals surface area (Å²) < 4.78 is 49.5. The second kappa shape index (κ2) is 15.6. The van der Waals surface area contributed by atoms with Gasteiger partial charge in [0.1, 0.15) is 24.2 Å². The van der Waals surface area contributed by atoms with Gasteiger partial charge in [-0.3, -0.25) is 13.9 Å². The number of halogens is 2. The molecule has 0 saturated heterocycles. The minimum atomic E-state index is -4.26. The van der Waals surface area contributed by atoms with E-state index in [1.807, 2.05) is 58.0 Å². The van der Waals surface area contributed by atoms with Crippen molar-refractivity contribution in [2.75, 3.05) is 17.5 Å². The third-order valence-electron chi connectivity index (χ3n) is 7.15. The molecule has 1 atom stereocenters. The Balaban J connectivity index is 1.81. The summed E-state index contributed by atoms with van der Waals surface area (Å²) in [6.45, 7) is 7.12. The molecule has 2 amide bonds. The van der Waals surface area contributed by atoms with E-state index < -0.39 is 45.8 Å². The zero-order chi connectivity index (χ0) is 34.2. The van der Waals surface area contributed by atoms with Crippen LogP contribution in [0.2, 0.25) is 0 Å². The molecule has 8 nitrogen and oxygen atoms in total. The highest BCUT2D eigenvalue weighted by molar-refractivity contribution is 9.10. The first kappa shape index (κ1) is 35.6. The first-order valence-corrected chi connectivity index (χ1v) is 17.4. The van der Waals surface area contributed by atoms with Crippen LogP contribution in [0, 0.1) is 5.82 Å². The lowest BCUT2D eigenvalue weighted by atomic mass is 10.0. The molecule has 0 unspecified atom stereocenters. The minimum absolute atomic E-state index is 0.0150. The number of ether oxygens (including phenoxy) is 1. The number of benzene rings is 4. The lowest BCUT2D eigenvalue weighted by Crippen LogP contribution is -2.56. The Kier molecular flexibility index (Phi) is 11.8. The Morgan fingerprint density at radius 2 is 1.49 bits per heavy atom. The van der Waals surface area contributed by atoms with E-state index in [0.29, 0.717) is 22.4 Å². The van der Waals surface area contributed by atoms with Crippen molar-refractivity contribution in [3.8, 4) is 5.75 Å². The summed E-state index contributed by atoms with van der Waals surface area (Å²) in [6, 6.07) is 26.5. The molecule has 4 aromatic carbocycles. The molecule has 0 aliphatic rings. The second-order valence-corrected chi connectivity index (χ2v) is 14.8. The van der Waals surface area contributed by atoms with Gasteiger partial charge >= 0.3 is 0 Å². The van der Waals surface area contributed by atoms with Gasteiger partial charge in [0.15, 0.2) is 0 Å². The summed E-state index contributed by atoms with van der Waals surface area (Å²) in [5, 5.41) is 2.99. The molecule has 0 aliphatic heterocycles. The molecule has 0 saturated carbocycles. The third kappa shape index (κ3) is 9.89. The van der Waals surface area contributed by atoms with E-state index in [9.17, 15) is 22.4 Å². The standard InChI is InChI=1S/C36H39BrFN3O5S/c1-5-46-31-19-17-30(18-20-31)41(47(44,45)32-21-13-28(37)14-22-32)25-34(42)40(24-27-11-15-29(38)16-12-27)33(35(43)39-36(2,3)4)23-26-9-7-6-8-10-26/h6-22,33H,5,23-25H2,1-4H3,(H,39,43)/t33-/m0/s1. The fourth-order valence-electron chi connectivity index (χ4n) is 4.93. The Morgan fingerprint density at radius 3 is 2.06 bits per heavy atom. The number of hydrogen-bond acceptors (Lipinski definition) is 5. The molecule has 1 N–H and O–H groups in total. The van der Waals surface area contributed by atoms with Crippen molar-refractivity contribution in [1.82, 2.24) is 10.2 Å². The van der Waals surface area contributed by atoms with Crippen LogP contribution in [0.1, 0.15) is 38.8 Å². The molecule has 0 bridgehead atoms. The van der Waals surface area contributed by atoms with E-state index >= 15 is 0 Å². The highest BCUT2D eigenvalue weighted by Crippen LogP contribution is 2.28. The molecule has 0 radical (unpaired) electrons. The molecule has 0 aromatic heterocycles. The van der Waals surface area contributed by atoms with Gasteiger partial charge in [0.2, 0.25) is 11.8 Å². The van der Waals surface area contributed by atoms with Gasteiger partial charge in [0.05, 0.1) is 17.2 Å². The highest BCUT2D eigenvalue weighted by atomic mass is 79.9. The largest absolute Gasteiger partial charge is 0.494 e. The van der Waals surface area contributed by atoms with Gasteiger partial charge in [0.25, 0.3) is 10.0 Å². The molecule has 47 heavy (non-hydrogen) atoms. The number of hydrogen-bond donors (Lipinski definition) is 1. The smallest absolute Gasteiger partial charge is 0.264 e. The van der Waals surface area contributed by atoms with Crippen LogP contribution in [0.3, 0.4) is 0 Å². The zero-order valence-corrected chi connectivity index (χ0v) is 29.2. The van der Waals surface area contributed by atoms with Crippen molar-refractivity contribution in [1.29, 1.82) is 0 Å². The highest BCUT2D eigenvalue weighted by Gasteiger charge is 2.35. The molecule has 4 aromatic rings. The fourth-order valence-corrected chi connectivity index (χ4v) is 6.61. The molecule has 0 aliphatic carbocycles. The van der Waals surface area contributed by atoms with Crippen LogP contribution >= 0.6 is 15.9 Å². The van der Waals surface area contributed by atoms with Gasteiger partial charge in [-0.25, -0.2) is 12.8 Å².